The van der Waals surface area contributed by atoms with Crippen LogP contribution >= 0.6 is 22.9 Å². The van der Waals surface area contributed by atoms with Gasteiger partial charge in [-0.25, -0.2) is 5.43 Å². The first-order valence-corrected chi connectivity index (χ1v) is 6.64. The van der Waals surface area contributed by atoms with Gasteiger partial charge in [0.1, 0.15) is 0 Å². The summed E-state index contributed by atoms with van der Waals surface area (Å²) in [6.07, 6.45) is 2.86. The SMILES string of the molecule is CCc1nn(C)cc1C(NN)c1sccc1Cl. The second-order valence-corrected chi connectivity index (χ2v) is 5.15. The zero-order chi connectivity index (χ0) is 12.4. The van der Waals surface area contributed by atoms with E-state index in [1.54, 1.807) is 16.0 Å². The van der Waals surface area contributed by atoms with Gasteiger partial charge in [-0.1, -0.05) is 18.5 Å². The fourth-order valence-electron chi connectivity index (χ4n) is 1.89. The van der Waals surface area contributed by atoms with Crippen molar-refractivity contribution in [3.8, 4) is 0 Å². The molecule has 0 aliphatic heterocycles. The molecule has 0 spiro atoms. The van der Waals surface area contributed by atoms with E-state index in [4.69, 9.17) is 17.4 Å². The third-order valence-corrected chi connectivity index (χ3v) is 4.08. The Morgan fingerprint density at radius 2 is 2.41 bits per heavy atom. The van der Waals surface area contributed by atoms with Gasteiger partial charge < -0.3 is 0 Å². The van der Waals surface area contributed by atoms with Gasteiger partial charge in [-0.3, -0.25) is 10.5 Å². The summed E-state index contributed by atoms with van der Waals surface area (Å²) in [4.78, 5) is 1.02. The van der Waals surface area contributed by atoms with E-state index in [9.17, 15) is 0 Å². The molecule has 2 aromatic rings. The molecule has 0 aliphatic carbocycles. The number of hydrogen-bond donors (Lipinski definition) is 2. The number of aryl methyl sites for hydroxylation is 2. The average Bonchev–Trinajstić information content (AvgIpc) is 2.88. The van der Waals surface area contributed by atoms with Crippen LogP contribution in [0.25, 0.3) is 0 Å². The van der Waals surface area contributed by atoms with Crippen LogP contribution in [0.3, 0.4) is 0 Å². The number of nitrogens with one attached hydrogen (secondary N) is 1. The highest BCUT2D eigenvalue weighted by molar-refractivity contribution is 7.10. The minimum Gasteiger partial charge on any atom is -0.275 e. The maximum atomic E-state index is 6.15. The lowest BCUT2D eigenvalue weighted by molar-refractivity contribution is 0.640. The van der Waals surface area contributed by atoms with E-state index in [1.165, 1.54) is 0 Å². The summed E-state index contributed by atoms with van der Waals surface area (Å²) in [5.41, 5.74) is 4.95. The summed E-state index contributed by atoms with van der Waals surface area (Å²) < 4.78 is 1.81. The molecule has 0 aromatic carbocycles. The van der Waals surface area contributed by atoms with E-state index >= 15 is 0 Å². The Morgan fingerprint density at radius 1 is 1.65 bits per heavy atom. The van der Waals surface area contributed by atoms with Crippen LogP contribution in [0.5, 0.6) is 0 Å². The van der Waals surface area contributed by atoms with Gasteiger partial charge >= 0.3 is 0 Å². The van der Waals surface area contributed by atoms with Gasteiger partial charge in [-0.15, -0.1) is 11.3 Å². The van der Waals surface area contributed by atoms with E-state index in [0.717, 1.165) is 27.6 Å². The Kier molecular flexibility index (Phi) is 3.83. The van der Waals surface area contributed by atoms with Gasteiger partial charge in [0, 0.05) is 23.7 Å². The Bertz CT molecular complexity index is 505. The number of hydrazine groups is 1. The minimum absolute atomic E-state index is 0.0915. The second kappa shape index (κ2) is 5.18. The quantitative estimate of drug-likeness (QED) is 0.662. The van der Waals surface area contributed by atoms with Crippen LogP contribution in [0.2, 0.25) is 5.02 Å². The molecular weight excluding hydrogens is 256 g/mol. The van der Waals surface area contributed by atoms with Gasteiger partial charge in [-0.05, 0) is 17.9 Å². The van der Waals surface area contributed by atoms with Crippen LogP contribution in [-0.2, 0) is 13.5 Å². The molecule has 3 N–H and O–H groups in total. The number of halogens is 1. The molecule has 0 amide bonds. The third-order valence-electron chi connectivity index (χ3n) is 2.66. The van der Waals surface area contributed by atoms with Crippen molar-refractivity contribution in [3.05, 3.63) is 38.8 Å². The molecular formula is C11H15ClN4S. The third kappa shape index (κ3) is 2.37. The fourth-order valence-corrected chi connectivity index (χ4v) is 3.13. The summed E-state index contributed by atoms with van der Waals surface area (Å²) in [6, 6.07) is 1.79. The molecule has 1 unspecified atom stereocenters. The van der Waals surface area contributed by atoms with Gasteiger partial charge in [0.15, 0.2) is 0 Å². The Labute approximate surface area is 109 Å². The van der Waals surface area contributed by atoms with Crippen molar-refractivity contribution in [1.29, 1.82) is 0 Å². The molecule has 2 rings (SSSR count). The van der Waals surface area contributed by atoms with Crippen molar-refractivity contribution < 1.29 is 0 Å². The molecule has 0 saturated carbocycles. The summed E-state index contributed by atoms with van der Waals surface area (Å²) in [6.45, 7) is 2.08. The average molecular weight is 271 g/mol. The zero-order valence-electron chi connectivity index (χ0n) is 9.77. The molecule has 1 atom stereocenters. The van der Waals surface area contributed by atoms with Gasteiger partial charge in [-0.2, -0.15) is 5.10 Å². The number of aromatic nitrogens is 2. The smallest absolute Gasteiger partial charge is 0.0850 e. The Hall–Kier alpha value is -0.880. The van der Waals surface area contributed by atoms with Crippen molar-refractivity contribution in [3.63, 3.8) is 0 Å². The Morgan fingerprint density at radius 3 is 2.94 bits per heavy atom. The van der Waals surface area contributed by atoms with E-state index in [2.05, 4.69) is 17.4 Å². The largest absolute Gasteiger partial charge is 0.275 e. The number of nitrogens with two attached hydrogens (primary N) is 1. The maximum absolute atomic E-state index is 6.15. The number of thiophene rings is 1. The zero-order valence-corrected chi connectivity index (χ0v) is 11.3. The lowest BCUT2D eigenvalue weighted by atomic mass is 10.1. The van der Waals surface area contributed by atoms with Gasteiger partial charge in [0.2, 0.25) is 0 Å². The molecule has 0 fully saturated rings. The topological polar surface area (TPSA) is 55.9 Å². The van der Waals surface area contributed by atoms with E-state index in [1.807, 2.05) is 24.7 Å². The first-order valence-electron chi connectivity index (χ1n) is 5.38. The molecule has 2 aromatic heterocycles. The van der Waals surface area contributed by atoms with Crippen molar-refractivity contribution in [2.45, 2.75) is 19.4 Å². The summed E-state index contributed by atoms with van der Waals surface area (Å²) in [5.74, 6) is 5.66. The monoisotopic (exact) mass is 270 g/mol. The molecule has 0 radical (unpaired) electrons. The minimum atomic E-state index is -0.0915. The molecule has 6 heteroatoms. The lowest BCUT2D eigenvalue weighted by Gasteiger charge is -2.14. The van der Waals surface area contributed by atoms with Crippen molar-refractivity contribution in [2.24, 2.45) is 12.9 Å². The van der Waals surface area contributed by atoms with Crippen molar-refractivity contribution in [2.75, 3.05) is 0 Å². The highest BCUT2D eigenvalue weighted by Gasteiger charge is 2.21. The van der Waals surface area contributed by atoms with Crippen LogP contribution in [0.15, 0.2) is 17.6 Å². The highest BCUT2D eigenvalue weighted by atomic mass is 35.5. The lowest BCUT2D eigenvalue weighted by Crippen LogP contribution is -2.28. The van der Waals surface area contributed by atoms with Crippen LogP contribution < -0.4 is 11.3 Å². The van der Waals surface area contributed by atoms with Gasteiger partial charge in [0.25, 0.3) is 0 Å². The predicted octanol–water partition coefficient (Wildman–Crippen LogP) is 2.25. The maximum Gasteiger partial charge on any atom is 0.0850 e. The molecule has 4 nitrogen and oxygen atoms in total. The molecule has 17 heavy (non-hydrogen) atoms. The number of rotatable bonds is 4. The highest BCUT2D eigenvalue weighted by Crippen LogP contribution is 2.33. The second-order valence-electron chi connectivity index (χ2n) is 3.79. The molecule has 92 valence electrons. The fraction of sp³-hybridized carbons (Fsp3) is 0.364. The van der Waals surface area contributed by atoms with Crippen LogP contribution in [0.1, 0.15) is 29.1 Å². The van der Waals surface area contributed by atoms with Crippen molar-refractivity contribution in [1.82, 2.24) is 15.2 Å². The van der Waals surface area contributed by atoms with Crippen molar-refractivity contribution >= 4 is 22.9 Å². The first-order chi connectivity index (χ1) is 8.17. The first kappa shape index (κ1) is 12.6. The van der Waals surface area contributed by atoms with E-state index in [-0.39, 0.29) is 6.04 Å². The molecule has 0 aliphatic rings. The molecule has 0 bridgehead atoms. The Balaban J connectivity index is 2.45. The standard InChI is InChI=1S/C11H15ClN4S/c1-3-9-7(6-16(2)15-9)10(14-13)11-8(12)4-5-17-11/h4-6,10,14H,3,13H2,1-2H3. The van der Waals surface area contributed by atoms with Gasteiger partial charge in [0.05, 0.1) is 16.8 Å². The van der Waals surface area contributed by atoms with Crippen LogP contribution in [0, 0.1) is 0 Å². The normalized spacial score (nSPS) is 12.9. The number of hydrogen-bond acceptors (Lipinski definition) is 4. The van der Waals surface area contributed by atoms with E-state index < -0.39 is 0 Å². The molecule has 0 saturated heterocycles. The van der Waals surface area contributed by atoms with Crippen LogP contribution in [-0.4, -0.2) is 9.78 Å². The molecule has 2 heterocycles. The van der Waals surface area contributed by atoms with E-state index in [0.29, 0.717) is 0 Å². The number of nitrogens with zero attached hydrogens (tertiary/aromatic N) is 2. The predicted molar refractivity (Wildman–Crippen MR) is 71.1 cm³/mol. The summed E-state index contributed by atoms with van der Waals surface area (Å²) in [5, 5.41) is 7.12. The summed E-state index contributed by atoms with van der Waals surface area (Å²) in [7, 11) is 1.91. The van der Waals surface area contributed by atoms with Crippen LogP contribution in [0.4, 0.5) is 0 Å². The summed E-state index contributed by atoms with van der Waals surface area (Å²) >= 11 is 7.75.